The Hall–Kier alpha value is -1.81. The minimum atomic E-state index is 0.0272. The Balaban J connectivity index is 1.60. The van der Waals surface area contributed by atoms with Crippen molar-refractivity contribution >= 4 is 16.9 Å². The third kappa shape index (κ3) is 2.27. The van der Waals surface area contributed by atoms with Crippen LogP contribution in [0.2, 0.25) is 0 Å². The molecule has 3 fully saturated rings. The van der Waals surface area contributed by atoms with E-state index in [1.807, 2.05) is 25.1 Å². The van der Waals surface area contributed by atoms with E-state index in [1.54, 1.807) is 6.26 Å². The molecule has 1 aromatic carbocycles. The third-order valence-electron chi connectivity index (χ3n) is 5.90. The molecule has 4 heteroatoms. The van der Waals surface area contributed by atoms with E-state index in [9.17, 15) is 4.79 Å². The van der Waals surface area contributed by atoms with Crippen molar-refractivity contribution < 1.29 is 9.21 Å². The number of benzene rings is 1. The van der Waals surface area contributed by atoms with Crippen molar-refractivity contribution in [3.63, 3.8) is 0 Å². The van der Waals surface area contributed by atoms with E-state index in [0.717, 1.165) is 29.6 Å². The molecule has 4 nitrogen and oxygen atoms in total. The van der Waals surface area contributed by atoms with Gasteiger partial charge < -0.3 is 9.73 Å². The van der Waals surface area contributed by atoms with Crippen LogP contribution in [0, 0.1) is 12.8 Å². The molecule has 122 valence electrons. The van der Waals surface area contributed by atoms with Crippen LogP contribution < -0.4 is 5.32 Å². The fraction of sp³-hybridized carbons (Fsp3) is 0.526. The van der Waals surface area contributed by atoms with Crippen molar-refractivity contribution in [3.8, 4) is 0 Å². The summed E-state index contributed by atoms with van der Waals surface area (Å²) in [4.78, 5) is 15.3. The number of rotatable bonds is 2. The molecule has 23 heavy (non-hydrogen) atoms. The van der Waals surface area contributed by atoms with Crippen LogP contribution in [-0.2, 0) is 0 Å². The highest BCUT2D eigenvalue weighted by atomic mass is 16.3. The number of nitrogens with zero attached hydrogens (tertiary/aromatic N) is 1. The molecule has 0 unspecified atom stereocenters. The summed E-state index contributed by atoms with van der Waals surface area (Å²) in [6, 6.07) is 5.91. The summed E-state index contributed by atoms with van der Waals surface area (Å²) in [6.45, 7) is 8.83. The number of amides is 1. The number of hydrogen-bond acceptors (Lipinski definition) is 3. The van der Waals surface area contributed by atoms with Crippen LogP contribution in [-0.4, -0.2) is 35.5 Å². The smallest absolute Gasteiger partial charge is 0.251 e. The zero-order chi connectivity index (χ0) is 16.2. The van der Waals surface area contributed by atoms with Gasteiger partial charge in [0.25, 0.3) is 5.91 Å². The zero-order valence-corrected chi connectivity index (χ0v) is 14.1. The molecule has 2 bridgehead atoms. The van der Waals surface area contributed by atoms with E-state index >= 15 is 0 Å². The van der Waals surface area contributed by atoms with E-state index < -0.39 is 0 Å². The van der Waals surface area contributed by atoms with Crippen molar-refractivity contribution in [2.45, 2.75) is 45.2 Å². The monoisotopic (exact) mass is 312 g/mol. The van der Waals surface area contributed by atoms with Crippen LogP contribution in [0.3, 0.4) is 0 Å². The summed E-state index contributed by atoms with van der Waals surface area (Å²) < 4.78 is 5.47. The Labute approximate surface area is 136 Å². The van der Waals surface area contributed by atoms with Crippen molar-refractivity contribution in [1.82, 2.24) is 10.2 Å². The Bertz CT molecular complexity index is 754. The predicted octanol–water partition coefficient (Wildman–Crippen LogP) is 3.34. The van der Waals surface area contributed by atoms with Gasteiger partial charge in [0, 0.05) is 22.5 Å². The first-order valence-electron chi connectivity index (χ1n) is 8.50. The van der Waals surface area contributed by atoms with Crippen molar-refractivity contribution in [3.05, 3.63) is 35.6 Å². The fourth-order valence-corrected chi connectivity index (χ4v) is 4.40. The van der Waals surface area contributed by atoms with Crippen LogP contribution in [0.5, 0.6) is 0 Å². The predicted molar refractivity (Wildman–Crippen MR) is 90.6 cm³/mol. The molecule has 1 amide bonds. The number of aryl methyl sites for hydroxylation is 1. The molecule has 0 saturated carbocycles. The molecular weight excluding hydrogens is 288 g/mol. The minimum Gasteiger partial charge on any atom is -0.464 e. The second kappa shape index (κ2) is 5.10. The molecule has 5 rings (SSSR count). The van der Waals surface area contributed by atoms with Crippen molar-refractivity contribution in [2.24, 2.45) is 5.92 Å². The lowest BCUT2D eigenvalue weighted by atomic mass is 9.72. The summed E-state index contributed by atoms with van der Waals surface area (Å²) in [7, 11) is 0. The normalized spacial score (nSPS) is 28.9. The van der Waals surface area contributed by atoms with Gasteiger partial charge in [-0.3, -0.25) is 9.69 Å². The van der Waals surface area contributed by atoms with Gasteiger partial charge in [0.15, 0.2) is 0 Å². The molecule has 1 aromatic heterocycles. The number of furan rings is 1. The molecule has 2 aromatic rings. The topological polar surface area (TPSA) is 45.5 Å². The number of carbonyl (C=O) groups is 1. The van der Waals surface area contributed by atoms with Crippen LogP contribution >= 0.6 is 0 Å². The average molecular weight is 312 g/mol. The molecule has 0 spiro atoms. The number of hydrogen-bond donors (Lipinski definition) is 1. The van der Waals surface area contributed by atoms with Crippen LogP contribution in [0.4, 0.5) is 0 Å². The Morgan fingerprint density at radius 1 is 1.30 bits per heavy atom. The maximum atomic E-state index is 12.8. The highest BCUT2D eigenvalue weighted by Crippen LogP contribution is 2.39. The second-order valence-corrected chi connectivity index (χ2v) is 7.56. The number of fused-ring (bicyclic) bond motifs is 4. The van der Waals surface area contributed by atoms with E-state index in [4.69, 9.17) is 4.42 Å². The van der Waals surface area contributed by atoms with Gasteiger partial charge in [0.1, 0.15) is 5.58 Å². The molecule has 0 aliphatic carbocycles. The van der Waals surface area contributed by atoms with Crippen LogP contribution in [0.25, 0.3) is 11.0 Å². The highest BCUT2D eigenvalue weighted by Gasteiger charge is 2.48. The third-order valence-corrected chi connectivity index (χ3v) is 5.90. The van der Waals surface area contributed by atoms with E-state index in [-0.39, 0.29) is 17.5 Å². The van der Waals surface area contributed by atoms with Crippen molar-refractivity contribution in [1.29, 1.82) is 0 Å². The summed E-state index contributed by atoms with van der Waals surface area (Å²) >= 11 is 0. The highest BCUT2D eigenvalue weighted by molar-refractivity contribution is 5.98. The van der Waals surface area contributed by atoms with E-state index in [1.165, 1.54) is 12.8 Å². The fourth-order valence-electron chi connectivity index (χ4n) is 4.40. The number of piperidine rings is 3. The SMILES string of the molecule is Cc1coc2ccc(C(=O)N[C@@H]3C4CCN(CC4)C3(C)C)cc12. The van der Waals surface area contributed by atoms with Gasteiger partial charge in [-0.25, -0.2) is 0 Å². The second-order valence-electron chi connectivity index (χ2n) is 7.56. The molecule has 4 heterocycles. The summed E-state index contributed by atoms with van der Waals surface area (Å²) in [6.07, 6.45) is 4.12. The van der Waals surface area contributed by atoms with Crippen molar-refractivity contribution in [2.75, 3.05) is 13.1 Å². The summed E-state index contributed by atoms with van der Waals surface area (Å²) in [5.41, 5.74) is 2.65. The molecule has 3 saturated heterocycles. The molecule has 0 radical (unpaired) electrons. The van der Waals surface area contributed by atoms with Gasteiger partial charge in [-0.05, 0) is 76.4 Å². The van der Waals surface area contributed by atoms with Gasteiger partial charge >= 0.3 is 0 Å². The van der Waals surface area contributed by atoms with Gasteiger partial charge in [0.2, 0.25) is 0 Å². The van der Waals surface area contributed by atoms with Gasteiger partial charge in [0.05, 0.1) is 6.26 Å². The first kappa shape index (κ1) is 14.8. The van der Waals surface area contributed by atoms with Gasteiger partial charge in [-0.1, -0.05) is 0 Å². The summed E-state index contributed by atoms with van der Waals surface area (Å²) in [5, 5.41) is 4.34. The molecule has 3 aliphatic heterocycles. The lowest BCUT2D eigenvalue weighted by Gasteiger charge is -2.56. The Kier molecular flexibility index (Phi) is 3.27. The first-order valence-corrected chi connectivity index (χ1v) is 8.50. The lowest BCUT2D eigenvalue weighted by molar-refractivity contribution is -0.0378. The number of carbonyl (C=O) groups excluding carboxylic acids is 1. The maximum Gasteiger partial charge on any atom is 0.251 e. The Morgan fingerprint density at radius 2 is 2.04 bits per heavy atom. The summed E-state index contributed by atoms with van der Waals surface area (Å²) in [5.74, 6) is 0.623. The quantitative estimate of drug-likeness (QED) is 0.925. The maximum absolute atomic E-state index is 12.8. The molecular formula is C19H24N2O2. The molecule has 1 atom stereocenters. The van der Waals surface area contributed by atoms with E-state index in [2.05, 4.69) is 24.1 Å². The largest absolute Gasteiger partial charge is 0.464 e. The first-order chi connectivity index (χ1) is 11.0. The molecule has 1 N–H and O–H groups in total. The number of nitrogens with one attached hydrogen (secondary N) is 1. The Morgan fingerprint density at radius 3 is 2.74 bits per heavy atom. The van der Waals surface area contributed by atoms with E-state index in [0.29, 0.717) is 11.5 Å². The van der Waals surface area contributed by atoms with Crippen LogP contribution in [0.15, 0.2) is 28.9 Å². The average Bonchev–Trinajstić information content (AvgIpc) is 2.92. The molecule has 3 aliphatic rings. The minimum absolute atomic E-state index is 0.0272. The standard InChI is InChI=1S/C19H24N2O2/c1-12-11-23-16-5-4-14(10-15(12)16)18(22)20-17-13-6-8-21(9-7-13)19(17,2)3/h4-5,10-11,13,17H,6-9H2,1-3H3,(H,20,22)/t17-/m1/s1. The van der Waals surface area contributed by atoms with Gasteiger partial charge in [-0.2, -0.15) is 0 Å². The van der Waals surface area contributed by atoms with Crippen LogP contribution in [0.1, 0.15) is 42.6 Å². The van der Waals surface area contributed by atoms with Gasteiger partial charge in [-0.15, -0.1) is 0 Å². The zero-order valence-electron chi connectivity index (χ0n) is 14.1. The lowest BCUT2D eigenvalue weighted by Crippen LogP contribution is -2.69.